The van der Waals surface area contributed by atoms with Crippen molar-refractivity contribution in [3.8, 4) is 0 Å². The molecular formula is C16H13F6NOS. The summed E-state index contributed by atoms with van der Waals surface area (Å²) in [6.07, 6.45) is -9.22. The Labute approximate surface area is 143 Å². The van der Waals surface area contributed by atoms with Gasteiger partial charge in [-0.15, -0.1) is 0 Å². The molecule has 0 spiro atoms. The van der Waals surface area contributed by atoms with Crippen molar-refractivity contribution in [1.82, 2.24) is 0 Å². The van der Waals surface area contributed by atoms with E-state index in [-0.39, 0.29) is 16.6 Å². The third-order valence-corrected chi connectivity index (χ3v) is 4.39. The lowest BCUT2D eigenvalue weighted by Gasteiger charge is -2.16. The largest absolute Gasteiger partial charge is 0.417 e. The third-order valence-electron chi connectivity index (χ3n) is 3.34. The molecular weight excluding hydrogens is 368 g/mol. The molecule has 0 aromatic heterocycles. The fourth-order valence-corrected chi connectivity index (χ4v) is 3.20. The zero-order valence-corrected chi connectivity index (χ0v) is 13.6. The van der Waals surface area contributed by atoms with Gasteiger partial charge in [-0.25, -0.2) is 0 Å². The van der Waals surface area contributed by atoms with Gasteiger partial charge in [0.1, 0.15) is 0 Å². The number of benzene rings is 2. The number of rotatable bonds is 4. The second-order valence-electron chi connectivity index (χ2n) is 5.14. The van der Waals surface area contributed by atoms with E-state index in [0.717, 1.165) is 11.6 Å². The van der Waals surface area contributed by atoms with Crippen molar-refractivity contribution in [2.75, 3.05) is 5.48 Å². The molecule has 0 aliphatic rings. The zero-order valence-electron chi connectivity index (χ0n) is 12.8. The minimum Gasteiger partial charge on any atom is -0.291 e. The first-order valence-corrected chi connectivity index (χ1v) is 7.86. The van der Waals surface area contributed by atoms with Crippen molar-refractivity contribution in [1.29, 1.82) is 0 Å². The Morgan fingerprint density at radius 1 is 0.960 bits per heavy atom. The second kappa shape index (κ2) is 7.17. The van der Waals surface area contributed by atoms with Crippen molar-refractivity contribution in [2.45, 2.75) is 35.5 Å². The molecule has 0 saturated heterocycles. The van der Waals surface area contributed by atoms with E-state index in [4.69, 9.17) is 5.21 Å². The van der Waals surface area contributed by atoms with Crippen LogP contribution in [0, 0.1) is 0 Å². The van der Waals surface area contributed by atoms with Crippen LogP contribution in [-0.4, -0.2) is 5.21 Å². The highest BCUT2D eigenvalue weighted by Crippen LogP contribution is 2.43. The van der Waals surface area contributed by atoms with E-state index >= 15 is 0 Å². The first-order chi connectivity index (χ1) is 11.5. The van der Waals surface area contributed by atoms with Crippen LogP contribution in [0.3, 0.4) is 0 Å². The van der Waals surface area contributed by atoms with E-state index in [1.54, 1.807) is 12.1 Å². The van der Waals surface area contributed by atoms with Gasteiger partial charge in [-0.2, -0.15) is 26.3 Å². The molecule has 0 unspecified atom stereocenters. The molecule has 0 atom stereocenters. The Kier molecular flexibility index (Phi) is 5.58. The van der Waals surface area contributed by atoms with Gasteiger partial charge in [-0.1, -0.05) is 18.7 Å². The number of hydrogen-bond donors (Lipinski definition) is 2. The van der Waals surface area contributed by atoms with Crippen LogP contribution in [0.4, 0.5) is 32.0 Å². The normalized spacial score (nSPS) is 12.3. The van der Waals surface area contributed by atoms with E-state index < -0.39 is 23.5 Å². The van der Waals surface area contributed by atoms with Crippen LogP contribution in [0.2, 0.25) is 0 Å². The lowest BCUT2D eigenvalue weighted by atomic mass is 10.1. The number of halogens is 6. The summed E-state index contributed by atoms with van der Waals surface area (Å²) in [5.74, 6) is 0. The maximum atomic E-state index is 13.2. The molecule has 25 heavy (non-hydrogen) atoms. The van der Waals surface area contributed by atoms with Gasteiger partial charge in [-0.3, -0.25) is 10.7 Å². The summed E-state index contributed by atoms with van der Waals surface area (Å²) in [5, 5.41) is 8.99. The fraction of sp³-hybridized carbons (Fsp3) is 0.250. The van der Waals surface area contributed by atoms with Gasteiger partial charge in [-0.05, 0) is 48.4 Å². The van der Waals surface area contributed by atoms with Crippen molar-refractivity contribution < 1.29 is 31.5 Å². The molecule has 0 bridgehead atoms. The first-order valence-electron chi connectivity index (χ1n) is 7.05. The summed E-state index contributed by atoms with van der Waals surface area (Å²) in [5.41, 5.74) is 0.238. The van der Waals surface area contributed by atoms with E-state index in [0.29, 0.717) is 29.1 Å². The summed E-state index contributed by atoms with van der Waals surface area (Å²) >= 11 is 0.681. The van der Waals surface area contributed by atoms with Crippen molar-refractivity contribution in [3.05, 3.63) is 53.1 Å². The predicted octanol–water partition coefficient (Wildman–Crippen LogP) is 6.24. The molecule has 2 N–H and O–H groups in total. The maximum absolute atomic E-state index is 13.2. The van der Waals surface area contributed by atoms with Gasteiger partial charge in [0.2, 0.25) is 0 Å². The zero-order chi connectivity index (χ0) is 18.8. The van der Waals surface area contributed by atoms with E-state index in [1.165, 1.54) is 6.07 Å². The molecule has 0 radical (unpaired) electrons. The second-order valence-corrected chi connectivity index (χ2v) is 6.25. The molecule has 2 aromatic carbocycles. The van der Waals surface area contributed by atoms with E-state index in [9.17, 15) is 26.3 Å². The molecule has 0 aliphatic heterocycles. The van der Waals surface area contributed by atoms with E-state index in [2.05, 4.69) is 0 Å². The summed E-state index contributed by atoms with van der Waals surface area (Å²) in [7, 11) is 0. The molecule has 2 nitrogen and oxygen atoms in total. The Morgan fingerprint density at radius 2 is 1.64 bits per heavy atom. The number of nitrogens with one attached hydrogen (secondary N) is 1. The minimum atomic E-state index is -4.93. The average Bonchev–Trinajstić information content (AvgIpc) is 2.52. The van der Waals surface area contributed by atoms with Gasteiger partial charge in [0.25, 0.3) is 0 Å². The van der Waals surface area contributed by atoms with Crippen molar-refractivity contribution in [3.63, 3.8) is 0 Å². The van der Waals surface area contributed by atoms with Crippen molar-refractivity contribution >= 4 is 17.4 Å². The van der Waals surface area contributed by atoms with Crippen LogP contribution in [0.5, 0.6) is 0 Å². The molecule has 0 aliphatic carbocycles. The number of alkyl halides is 6. The molecule has 2 rings (SSSR count). The quantitative estimate of drug-likeness (QED) is 0.486. The number of hydrogen-bond acceptors (Lipinski definition) is 3. The standard InChI is InChI=1S/C16H13F6NOS/c1-2-9-5-11(23-24)8-12(6-9)25-14-4-3-10(15(17,18)19)7-13(14)16(20,21)22/h3-8,23-24H,2H2,1H3. The summed E-state index contributed by atoms with van der Waals surface area (Å²) in [6, 6.07) is 6.16. The highest BCUT2D eigenvalue weighted by molar-refractivity contribution is 7.99. The van der Waals surface area contributed by atoms with Gasteiger partial charge in [0.05, 0.1) is 16.8 Å². The highest BCUT2D eigenvalue weighted by atomic mass is 32.2. The smallest absolute Gasteiger partial charge is 0.291 e. The SMILES string of the molecule is CCc1cc(NO)cc(Sc2ccc(C(F)(F)F)cc2C(F)(F)F)c1. The number of aryl methyl sites for hydroxylation is 1. The topological polar surface area (TPSA) is 32.3 Å². The Morgan fingerprint density at radius 3 is 2.16 bits per heavy atom. The van der Waals surface area contributed by atoms with Crippen LogP contribution < -0.4 is 5.48 Å². The predicted molar refractivity (Wildman–Crippen MR) is 81.8 cm³/mol. The molecule has 0 saturated carbocycles. The summed E-state index contributed by atoms with van der Waals surface area (Å²) < 4.78 is 77.6. The van der Waals surface area contributed by atoms with Crippen LogP contribution in [0.25, 0.3) is 0 Å². The van der Waals surface area contributed by atoms with Gasteiger partial charge in [0.15, 0.2) is 0 Å². The third kappa shape index (κ3) is 4.82. The Balaban J connectivity index is 2.49. The average molecular weight is 381 g/mol. The molecule has 2 aromatic rings. The molecule has 136 valence electrons. The fourth-order valence-electron chi connectivity index (χ4n) is 2.13. The van der Waals surface area contributed by atoms with E-state index in [1.807, 2.05) is 12.4 Å². The van der Waals surface area contributed by atoms with Crippen molar-refractivity contribution in [2.24, 2.45) is 0 Å². The van der Waals surface area contributed by atoms with Crippen LogP contribution in [0.1, 0.15) is 23.6 Å². The minimum absolute atomic E-state index is 0.108. The van der Waals surface area contributed by atoms with Gasteiger partial charge >= 0.3 is 12.4 Å². The summed E-state index contributed by atoms with van der Waals surface area (Å²) in [4.78, 5) is 0.0128. The molecule has 0 heterocycles. The lowest BCUT2D eigenvalue weighted by molar-refractivity contribution is -0.144. The summed E-state index contributed by atoms with van der Waals surface area (Å²) in [6.45, 7) is 1.82. The molecule has 0 fully saturated rings. The van der Waals surface area contributed by atoms with Crippen LogP contribution in [0.15, 0.2) is 46.2 Å². The Bertz CT molecular complexity index is 735. The monoisotopic (exact) mass is 381 g/mol. The van der Waals surface area contributed by atoms with Crippen LogP contribution in [-0.2, 0) is 18.8 Å². The van der Waals surface area contributed by atoms with Crippen LogP contribution >= 0.6 is 11.8 Å². The first kappa shape index (κ1) is 19.5. The molecule has 0 amide bonds. The number of anilines is 1. The van der Waals surface area contributed by atoms with Gasteiger partial charge < -0.3 is 0 Å². The highest BCUT2D eigenvalue weighted by Gasteiger charge is 2.38. The van der Waals surface area contributed by atoms with Gasteiger partial charge in [0, 0.05) is 9.79 Å². The maximum Gasteiger partial charge on any atom is 0.417 e. The molecule has 9 heteroatoms. The lowest BCUT2D eigenvalue weighted by Crippen LogP contribution is -2.11. The Hall–Kier alpha value is -1.87.